The van der Waals surface area contributed by atoms with E-state index >= 15 is 0 Å². The first-order valence-electron chi connectivity index (χ1n) is 3.27. The van der Waals surface area contributed by atoms with Crippen molar-refractivity contribution >= 4 is 65.7 Å². The Morgan fingerprint density at radius 3 is 2.85 bits per heavy atom. The van der Waals surface area contributed by atoms with E-state index in [1.165, 1.54) is 22.1 Å². The van der Waals surface area contributed by atoms with Gasteiger partial charge in [-0.15, -0.1) is 0 Å². The molecule has 0 saturated carbocycles. The van der Waals surface area contributed by atoms with Gasteiger partial charge in [0, 0.05) is 10.5 Å². The largest absolute Gasteiger partial charge is 0.181 e. The summed E-state index contributed by atoms with van der Waals surface area (Å²) in [5.74, 6) is 0. The van der Waals surface area contributed by atoms with Gasteiger partial charge in [-0.1, -0.05) is 33.5 Å². The van der Waals surface area contributed by atoms with Crippen molar-refractivity contribution < 1.29 is 0 Å². The standard InChI is InChI=1S/C6Cl2N2S3/c7-2-4-1(6(8)10-11-4)3-5(2)12-13-9-3. The predicted molar refractivity (Wildman–Crippen MR) is 59.8 cm³/mol. The van der Waals surface area contributed by atoms with Crippen molar-refractivity contribution in [2.45, 2.75) is 0 Å². The molecule has 0 aromatic carbocycles. The zero-order chi connectivity index (χ0) is 9.00. The lowest BCUT2D eigenvalue weighted by molar-refractivity contribution is 1.56. The monoisotopic (exact) mass is 266 g/mol. The van der Waals surface area contributed by atoms with Gasteiger partial charge in [0.25, 0.3) is 0 Å². The first-order chi connectivity index (χ1) is 6.29. The third-order valence-electron chi connectivity index (χ3n) is 1.75. The van der Waals surface area contributed by atoms with Gasteiger partial charge in [-0.3, -0.25) is 0 Å². The summed E-state index contributed by atoms with van der Waals surface area (Å²) in [6.45, 7) is 0. The first-order valence-corrected chi connectivity index (χ1v) is 6.90. The fraction of sp³-hybridized carbons (Fsp3) is 0. The lowest BCUT2D eigenvalue weighted by Crippen LogP contribution is -1.67. The molecule has 0 saturated heterocycles. The van der Waals surface area contributed by atoms with Crippen molar-refractivity contribution in [1.82, 2.24) is 8.75 Å². The maximum absolute atomic E-state index is 6.13. The molecule has 3 rings (SSSR count). The molecule has 1 aliphatic heterocycles. The van der Waals surface area contributed by atoms with Crippen molar-refractivity contribution in [3.05, 3.63) is 10.2 Å². The molecule has 2 aliphatic rings. The van der Waals surface area contributed by atoms with Crippen LogP contribution in [0.4, 0.5) is 0 Å². The Balaban J connectivity index is 2.64. The summed E-state index contributed by atoms with van der Waals surface area (Å²) in [6, 6.07) is 0. The molecule has 0 amide bonds. The summed E-state index contributed by atoms with van der Waals surface area (Å²) < 4.78 is 9.25. The maximum atomic E-state index is 6.13. The van der Waals surface area contributed by atoms with Crippen LogP contribution in [-0.2, 0) is 0 Å². The van der Waals surface area contributed by atoms with E-state index in [0.29, 0.717) is 5.15 Å². The summed E-state index contributed by atoms with van der Waals surface area (Å²) >= 11 is 13.4. The molecule has 7 heteroatoms. The van der Waals surface area contributed by atoms with Gasteiger partial charge in [0.05, 0.1) is 20.0 Å². The minimum atomic E-state index is 0.509. The predicted octanol–water partition coefficient (Wildman–Crippen LogP) is 4.23. The van der Waals surface area contributed by atoms with E-state index < -0.39 is 0 Å². The SMILES string of the molecule is Clc1c2ssnc-2c2c(Cl)nsc12. The molecule has 1 aromatic heterocycles. The molecule has 13 heavy (non-hydrogen) atoms. The van der Waals surface area contributed by atoms with Gasteiger partial charge in [-0.2, -0.15) is 8.75 Å². The molecular formula is C6Cl2N2S3. The molecule has 0 spiro atoms. The average Bonchev–Trinajstić information content (AvgIpc) is 2.71. The smallest absolute Gasteiger partial charge is 0.153 e. The van der Waals surface area contributed by atoms with Crippen LogP contribution in [0.1, 0.15) is 0 Å². The molecular weight excluding hydrogens is 267 g/mol. The normalized spacial score (nSPS) is 11.8. The number of rotatable bonds is 0. The molecule has 2 heterocycles. The summed E-state index contributed by atoms with van der Waals surface area (Å²) in [6.07, 6.45) is 0. The number of aromatic nitrogens is 2. The van der Waals surface area contributed by atoms with Crippen molar-refractivity contribution in [1.29, 1.82) is 0 Å². The van der Waals surface area contributed by atoms with Gasteiger partial charge in [-0.25, -0.2) is 0 Å². The van der Waals surface area contributed by atoms with Crippen LogP contribution in [0.15, 0.2) is 0 Å². The Bertz CT molecular complexity index is 552. The van der Waals surface area contributed by atoms with E-state index in [-0.39, 0.29) is 0 Å². The number of hydrogen-bond acceptors (Lipinski definition) is 5. The van der Waals surface area contributed by atoms with Crippen molar-refractivity contribution in [3.63, 3.8) is 0 Å². The van der Waals surface area contributed by atoms with Crippen LogP contribution in [0.2, 0.25) is 10.2 Å². The van der Waals surface area contributed by atoms with Crippen molar-refractivity contribution in [2.24, 2.45) is 0 Å². The molecule has 0 N–H and O–H groups in total. The van der Waals surface area contributed by atoms with Crippen LogP contribution in [0.3, 0.4) is 0 Å². The van der Waals surface area contributed by atoms with Gasteiger partial charge in [0.15, 0.2) is 5.15 Å². The van der Waals surface area contributed by atoms with E-state index in [1.807, 2.05) is 0 Å². The zero-order valence-electron chi connectivity index (χ0n) is 5.88. The number of fused-ring (bicyclic) bond motifs is 3. The number of hydrogen-bond donors (Lipinski definition) is 0. The third kappa shape index (κ3) is 0.993. The quantitative estimate of drug-likeness (QED) is 0.570. The van der Waals surface area contributed by atoms with Crippen LogP contribution >= 0.6 is 55.6 Å². The van der Waals surface area contributed by atoms with Crippen molar-refractivity contribution in [2.75, 3.05) is 0 Å². The second-order valence-corrected chi connectivity index (χ2v) is 5.78. The highest BCUT2D eigenvalue weighted by Crippen LogP contribution is 2.49. The summed E-state index contributed by atoms with van der Waals surface area (Å²) in [4.78, 5) is 1.03. The summed E-state index contributed by atoms with van der Waals surface area (Å²) in [7, 11) is 3.00. The van der Waals surface area contributed by atoms with E-state index in [0.717, 1.165) is 25.7 Å². The van der Waals surface area contributed by atoms with E-state index in [1.54, 1.807) is 10.3 Å². The van der Waals surface area contributed by atoms with Crippen LogP contribution in [-0.4, -0.2) is 8.75 Å². The van der Waals surface area contributed by atoms with Gasteiger partial charge in [0.1, 0.15) is 5.69 Å². The van der Waals surface area contributed by atoms with E-state index in [2.05, 4.69) is 8.75 Å². The van der Waals surface area contributed by atoms with Crippen LogP contribution in [0.25, 0.3) is 20.7 Å². The average molecular weight is 267 g/mol. The Morgan fingerprint density at radius 1 is 1.15 bits per heavy atom. The van der Waals surface area contributed by atoms with Crippen LogP contribution < -0.4 is 0 Å². The third-order valence-corrected chi connectivity index (χ3v) is 5.43. The van der Waals surface area contributed by atoms with Gasteiger partial charge in [-0.05, 0) is 11.5 Å². The highest BCUT2D eigenvalue weighted by atomic mass is 35.5. The Hall–Kier alpha value is 0.0600. The topological polar surface area (TPSA) is 25.8 Å². The second kappa shape index (κ2) is 2.77. The Kier molecular flexibility index (Phi) is 1.79. The fourth-order valence-corrected chi connectivity index (χ4v) is 4.76. The molecule has 2 nitrogen and oxygen atoms in total. The fourth-order valence-electron chi connectivity index (χ4n) is 1.20. The molecule has 0 fully saturated rings. The van der Waals surface area contributed by atoms with E-state index in [9.17, 15) is 0 Å². The molecule has 66 valence electrons. The summed E-state index contributed by atoms with van der Waals surface area (Å²) in [5, 5.41) is 2.16. The summed E-state index contributed by atoms with van der Waals surface area (Å²) in [5.41, 5.74) is 0.897. The number of nitrogens with zero attached hydrogens (tertiary/aromatic N) is 2. The highest BCUT2D eigenvalue weighted by molar-refractivity contribution is 7.68. The molecule has 1 aliphatic carbocycles. The minimum Gasteiger partial charge on any atom is -0.181 e. The molecule has 0 radical (unpaired) electrons. The molecule has 1 aromatic rings. The molecule has 0 bridgehead atoms. The zero-order valence-corrected chi connectivity index (χ0v) is 9.84. The maximum Gasteiger partial charge on any atom is 0.153 e. The molecule has 0 unspecified atom stereocenters. The lowest BCUT2D eigenvalue weighted by Gasteiger charge is -1.83. The van der Waals surface area contributed by atoms with Crippen LogP contribution in [0, 0.1) is 0 Å². The highest BCUT2D eigenvalue weighted by Gasteiger charge is 2.24. The van der Waals surface area contributed by atoms with Gasteiger partial charge < -0.3 is 0 Å². The van der Waals surface area contributed by atoms with Crippen LogP contribution in [0.5, 0.6) is 0 Å². The van der Waals surface area contributed by atoms with Gasteiger partial charge in [0.2, 0.25) is 0 Å². The first kappa shape index (κ1) is 8.38. The number of halogens is 2. The van der Waals surface area contributed by atoms with Gasteiger partial charge >= 0.3 is 0 Å². The Morgan fingerprint density at radius 2 is 2.00 bits per heavy atom. The van der Waals surface area contributed by atoms with E-state index in [4.69, 9.17) is 23.2 Å². The molecule has 0 atom stereocenters. The lowest BCUT2D eigenvalue weighted by atomic mass is 10.4. The second-order valence-electron chi connectivity index (χ2n) is 2.42. The van der Waals surface area contributed by atoms with Crippen molar-refractivity contribution in [3.8, 4) is 10.6 Å². The minimum absolute atomic E-state index is 0.509. The Labute approximate surface area is 94.8 Å².